The monoisotopic (exact) mass is 263 g/mol. The number of rotatable bonds is 5. The summed E-state index contributed by atoms with van der Waals surface area (Å²) < 4.78 is 1.78. The van der Waals surface area contributed by atoms with Gasteiger partial charge >= 0.3 is 0 Å². The summed E-state index contributed by atoms with van der Waals surface area (Å²) in [7, 11) is 0. The number of nitrogens with one attached hydrogen (secondary N) is 1. The maximum atomic E-state index is 11.3. The van der Waals surface area contributed by atoms with E-state index in [4.69, 9.17) is 0 Å². The van der Waals surface area contributed by atoms with Crippen molar-refractivity contribution in [1.29, 1.82) is 0 Å². The van der Waals surface area contributed by atoms with Gasteiger partial charge in [0.25, 0.3) is 0 Å². The lowest BCUT2D eigenvalue weighted by atomic mass is 10.4. The fraction of sp³-hybridized carbons (Fsp3) is 0.625. The van der Waals surface area contributed by atoms with Crippen LogP contribution in [0.3, 0.4) is 0 Å². The van der Waals surface area contributed by atoms with Gasteiger partial charge in [0, 0.05) is 6.04 Å². The number of carbonyl (C=O) groups is 1. The van der Waals surface area contributed by atoms with E-state index in [2.05, 4.69) is 15.5 Å². The zero-order chi connectivity index (χ0) is 11.3. The summed E-state index contributed by atoms with van der Waals surface area (Å²) in [5.74, 6) is 0.442. The van der Waals surface area contributed by atoms with Crippen molar-refractivity contribution in [2.24, 2.45) is 0 Å². The molecule has 0 bridgehead atoms. The fourth-order valence-corrected chi connectivity index (χ4v) is 3.08. The first-order valence-electron chi connectivity index (χ1n) is 4.41. The highest BCUT2D eigenvalue weighted by atomic mass is 32.2. The Balaban J connectivity index is 2.33. The van der Waals surface area contributed by atoms with Gasteiger partial charge in [-0.1, -0.05) is 34.9 Å². The topological polar surface area (TPSA) is 54.9 Å². The van der Waals surface area contributed by atoms with Gasteiger partial charge in [-0.3, -0.25) is 4.79 Å². The van der Waals surface area contributed by atoms with E-state index in [0.717, 1.165) is 8.68 Å². The largest absolute Gasteiger partial charge is 0.353 e. The molecule has 1 N–H and O–H groups in total. The molecule has 0 saturated heterocycles. The summed E-state index contributed by atoms with van der Waals surface area (Å²) in [4.78, 5) is 11.3. The van der Waals surface area contributed by atoms with Crippen molar-refractivity contribution in [2.45, 2.75) is 28.6 Å². The molecular formula is C8H13N3OS3. The quantitative estimate of drug-likeness (QED) is 0.822. The molecule has 4 nitrogen and oxygen atoms in total. The summed E-state index contributed by atoms with van der Waals surface area (Å²) >= 11 is 4.51. The third-order valence-electron chi connectivity index (χ3n) is 1.34. The third kappa shape index (κ3) is 4.85. The van der Waals surface area contributed by atoms with E-state index >= 15 is 0 Å². The molecule has 1 aromatic heterocycles. The molecule has 0 aromatic carbocycles. The van der Waals surface area contributed by atoms with Crippen molar-refractivity contribution >= 4 is 40.8 Å². The Morgan fingerprint density at radius 2 is 2.13 bits per heavy atom. The van der Waals surface area contributed by atoms with E-state index in [1.807, 2.05) is 20.1 Å². The van der Waals surface area contributed by atoms with Gasteiger partial charge in [0.05, 0.1) is 5.75 Å². The molecule has 0 aliphatic carbocycles. The summed E-state index contributed by atoms with van der Waals surface area (Å²) in [6, 6.07) is 0.189. The lowest BCUT2D eigenvalue weighted by Crippen LogP contribution is -2.31. The predicted octanol–water partition coefficient (Wildman–Crippen LogP) is 1.88. The number of hydrogen-bond donors (Lipinski definition) is 1. The highest BCUT2D eigenvalue weighted by Gasteiger charge is 2.08. The van der Waals surface area contributed by atoms with Crippen LogP contribution in [-0.4, -0.2) is 34.2 Å². The maximum absolute atomic E-state index is 11.3. The minimum atomic E-state index is 0.0379. The molecule has 0 unspecified atom stereocenters. The summed E-state index contributed by atoms with van der Waals surface area (Å²) in [5, 5.41) is 10.7. The van der Waals surface area contributed by atoms with Gasteiger partial charge in [0.15, 0.2) is 8.68 Å². The Hall–Kier alpha value is -0.270. The number of thioether (sulfide) groups is 2. The van der Waals surface area contributed by atoms with Gasteiger partial charge in [0.2, 0.25) is 5.91 Å². The molecule has 1 amide bonds. The Morgan fingerprint density at radius 1 is 1.47 bits per heavy atom. The molecule has 7 heteroatoms. The molecule has 0 aliphatic heterocycles. The number of carbonyl (C=O) groups excluding carboxylic acids is 1. The van der Waals surface area contributed by atoms with Crippen molar-refractivity contribution in [3.63, 3.8) is 0 Å². The highest BCUT2D eigenvalue weighted by molar-refractivity contribution is 8.03. The van der Waals surface area contributed by atoms with Gasteiger partial charge < -0.3 is 5.32 Å². The molecule has 0 fully saturated rings. The lowest BCUT2D eigenvalue weighted by Gasteiger charge is -2.06. The summed E-state index contributed by atoms with van der Waals surface area (Å²) in [6.45, 7) is 3.89. The lowest BCUT2D eigenvalue weighted by molar-refractivity contribution is -0.119. The molecule has 84 valence electrons. The molecule has 0 radical (unpaired) electrons. The standard InChI is InChI=1S/C8H13N3OS3/c1-5(2)9-6(12)4-14-8-11-10-7(13-3)15-8/h5H,4H2,1-3H3,(H,9,12). The maximum Gasteiger partial charge on any atom is 0.230 e. The highest BCUT2D eigenvalue weighted by Crippen LogP contribution is 2.26. The first-order valence-corrected chi connectivity index (χ1v) is 7.44. The fourth-order valence-electron chi connectivity index (χ4n) is 0.829. The van der Waals surface area contributed by atoms with Crippen LogP contribution in [0.5, 0.6) is 0 Å². The Morgan fingerprint density at radius 3 is 2.67 bits per heavy atom. The van der Waals surface area contributed by atoms with Gasteiger partial charge in [-0.2, -0.15) is 0 Å². The van der Waals surface area contributed by atoms with Crippen molar-refractivity contribution in [2.75, 3.05) is 12.0 Å². The third-order valence-corrected chi connectivity index (χ3v) is 4.37. The molecule has 15 heavy (non-hydrogen) atoms. The first kappa shape index (κ1) is 12.8. The second kappa shape index (κ2) is 6.34. The number of nitrogens with zero attached hydrogens (tertiary/aromatic N) is 2. The minimum absolute atomic E-state index is 0.0379. The van der Waals surface area contributed by atoms with Crippen molar-refractivity contribution in [1.82, 2.24) is 15.5 Å². The van der Waals surface area contributed by atoms with E-state index < -0.39 is 0 Å². The smallest absolute Gasteiger partial charge is 0.230 e. The molecule has 0 spiro atoms. The van der Waals surface area contributed by atoms with Gasteiger partial charge in [-0.25, -0.2) is 0 Å². The minimum Gasteiger partial charge on any atom is -0.353 e. The average Bonchev–Trinajstić information content (AvgIpc) is 2.61. The van der Waals surface area contributed by atoms with Crippen LogP contribution in [-0.2, 0) is 4.79 Å². The number of aromatic nitrogens is 2. The normalized spacial score (nSPS) is 10.7. The van der Waals surface area contributed by atoms with Gasteiger partial charge in [-0.15, -0.1) is 10.2 Å². The van der Waals surface area contributed by atoms with Gasteiger partial charge in [0.1, 0.15) is 0 Å². The Bertz CT molecular complexity index is 327. The van der Waals surface area contributed by atoms with Crippen LogP contribution in [0.15, 0.2) is 8.68 Å². The molecule has 0 atom stereocenters. The first-order chi connectivity index (χ1) is 7.11. The van der Waals surface area contributed by atoms with Crippen molar-refractivity contribution in [3.05, 3.63) is 0 Å². The van der Waals surface area contributed by atoms with Crippen LogP contribution >= 0.6 is 34.9 Å². The van der Waals surface area contributed by atoms with Crippen molar-refractivity contribution < 1.29 is 4.79 Å². The van der Waals surface area contributed by atoms with E-state index in [-0.39, 0.29) is 11.9 Å². The van der Waals surface area contributed by atoms with Crippen LogP contribution in [0, 0.1) is 0 Å². The van der Waals surface area contributed by atoms with Crippen molar-refractivity contribution in [3.8, 4) is 0 Å². The van der Waals surface area contributed by atoms with E-state index in [1.54, 1.807) is 11.8 Å². The molecule has 0 aliphatic rings. The molecular weight excluding hydrogens is 250 g/mol. The molecule has 1 aromatic rings. The number of amides is 1. The second-order valence-electron chi connectivity index (χ2n) is 3.05. The Kier molecular flexibility index (Phi) is 5.41. The van der Waals surface area contributed by atoms with E-state index in [0.29, 0.717) is 5.75 Å². The van der Waals surface area contributed by atoms with Crippen LogP contribution in [0.25, 0.3) is 0 Å². The Labute approximate surface area is 102 Å². The van der Waals surface area contributed by atoms with Crippen LogP contribution in [0.2, 0.25) is 0 Å². The van der Waals surface area contributed by atoms with E-state index in [1.165, 1.54) is 23.1 Å². The second-order valence-corrected chi connectivity index (χ2v) is 6.30. The van der Waals surface area contributed by atoms with E-state index in [9.17, 15) is 4.79 Å². The molecule has 1 rings (SSSR count). The molecule has 0 saturated carbocycles. The average molecular weight is 263 g/mol. The predicted molar refractivity (Wildman–Crippen MR) is 65.7 cm³/mol. The number of hydrogen-bond acceptors (Lipinski definition) is 6. The van der Waals surface area contributed by atoms with Gasteiger partial charge in [-0.05, 0) is 20.1 Å². The summed E-state index contributed by atoms with van der Waals surface area (Å²) in [6.07, 6.45) is 1.96. The zero-order valence-electron chi connectivity index (χ0n) is 8.81. The summed E-state index contributed by atoms with van der Waals surface area (Å²) in [5.41, 5.74) is 0. The van der Waals surface area contributed by atoms with Crippen LogP contribution in [0.4, 0.5) is 0 Å². The molecule has 1 heterocycles. The zero-order valence-corrected chi connectivity index (χ0v) is 11.3. The van der Waals surface area contributed by atoms with Crippen LogP contribution < -0.4 is 5.32 Å². The van der Waals surface area contributed by atoms with Crippen LogP contribution in [0.1, 0.15) is 13.8 Å². The SMILES string of the molecule is CSc1nnc(SCC(=O)NC(C)C)s1.